The normalized spacial score (nSPS) is 10.1. The van der Waals surface area contributed by atoms with E-state index < -0.39 is 0 Å². The topological polar surface area (TPSA) is 17.1 Å². The molecular weight excluding hydrogens is 227 g/mol. The summed E-state index contributed by atoms with van der Waals surface area (Å²) in [5.74, 6) is -0.298. The summed E-state index contributed by atoms with van der Waals surface area (Å²) < 4.78 is 13.0. The molecule has 0 atom stereocenters. The second-order valence-corrected chi connectivity index (χ2v) is 3.77. The lowest BCUT2D eigenvalue weighted by molar-refractivity contribution is 0.112. The van der Waals surface area contributed by atoms with Gasteiger partial charge in [-0.2, -0.15) is 0 Å². The van der Waals surface area contributed by atoms with Crippen molar-refractivity contribution in [2.45, 2.75) is 0 Å². The largest absolute Gasteiger partial charge is 0.298 e. The van der Waals surface area contributed by atoms with E-state index in [1.807, 2.05) is 0 Å². The smallest absolute Gasteiger partial charge is 0.151 e. The van der Waals surface area contributed by atoms with Crippen LogP contribution in [0.3, 0.4) is 0 Å². The quantitative estimate of drug-likeness (QED) is 0.719. The van der Waals surface area contributed by atoms with E-state index >= 15 is 0 Å². The minimum absolute atomic E-state index is 0.298. The average Bonchev–Trinajstić information content (AvgIpc) is 2.29. The zero-order valence-corrected chi connectivity index (χ0v) is 9.04. The van der Waals surface area contributed by atoms with Crippen LogP contribution in [0.25, 0.3) is 11.1 Å². The number of halogens is 2. The van der Waals surface area contributed by atoms with Crippen LogP contribution < -0.4 is 0 Å². The van der Waals surface area contributed by atoms with E-state index in [1.165, 1.54) is 12.1 Å². The molecule has 0 aliphatic heterocycles. The molecular formula is C13H8ClFO. The molecule has 0 aromatic heterocycles. The summed E-state index contributed by atoms with van der Waals surface area (Å²) in [5, 5.41) is 0.372. The molecule has 0 saturated carbocycles. The van der Waals surface area contributed by atoms with Crippen LogP contribution in [0.5, 0.6) is 0 Å². The van der Waals surface area contributed by atoms with Crippen molar-refractivity contribution in [2.24, 2.45) is 0 Å². The summed E-state index contributed by atoms with van der Waals surface area (Å²) >= 11 is 5.89. The molecule has 80 valence electrons. The second-order valence-electron chi connectivity index (χ2n) is 3.36. The van der Waals surface area contributed by atoms with Crippen molar-refractivity contribution in [1.82, 2.24) is 0 Å². The average molecular weight is 235 g/mol. The standard InChI is InChI=1S/C13H8ClFO/c14-13-7-10(4-5-11(13)8-16)9-2-1-3-12(15)6-9/h1-8H. The maximum atomic E-state index is 13.0. The molecule has 3 heteroatoms. The Morgan fingerprint density at radius 1 is 1.06 bits per heavy atom. The molecule has 0 saturated heterocycles. The Morgan fingerprint density at radius 3 is 2.44 bits per heavy atom. The lowest BCUT2D eigenvalue weighted by Gasteiger charge is -2.03. The molecule has 0 heterocycles. The van der Waals surface area contributed by atoms with Crippen molar-refractivity contribution >= 4 is 17.9 Å². The van der Waals surface area contributed by atoms with Crippen molar-refractivity contribution in [3.8, 4) is 11.1 Å². The Labute approximate surface area is 97.5 Å². The molecule has 2 rings (SSSR count). The molecule has 1 nitrogen and oxygen atoms in total. The predicted octanol–water partition coefficient (Wildman–Crippen LogP) is 3.96. The van der Waals surface area contributed by atoms with Gasteiger partial charge in [0.2, 0.25) is 0 Å². The molecule has 0 aliphatic carbocycles. The molecule has 0 radical (unpaired) electrons. The van der Waals surface area contributed by atoms with E-state index in [4.69, 9.17) is 11.6 Å². The van der Waals surface area contributed by atoms with Gasteiger partial charge >= 0.3 is 0 Å². The monoisotopic (exact) mass is 234 g/mol. The van der Waals surface area contributed by atoms with Crippen LogP contribution >= 0.6 is 11.6 Å². The Morgan fingerprint density at radius 2 is 1.81 bits per heavy atom. The number of carbonyl (C=O) groups is 1. The van der Waals surface area contributed by atoms with E-state index in [0.29, 0.717) is 16.9 Å². The Kier molecular flexibility index (Phi) is 3.02. The van der Waals surface area contributed by atoms with Crippen LogP contribution in [0, 0.1) is 5.82 Å². The van der Waals surface area contributed by atoms with E-state index in [-0.39, 0.29) is 5.82 Å². The van der Waals surface area contributed by atoms with Gasteiger partial charge in [-0.05, 0) is 35.4 Å². The Balaban J connectivity index is 2.49. The van der Waals surface area contributed by atoms with Crippen molar-refractivity contribution in [3.63, 3.8) is 0 Å². The number of hydrogen-bond acceptors (Lipinski definition) is 1. The summed E-state index contributed by atoms with van der Waals surface area (Å²) in [6, 6.07) is 11.2. The van der Waals surface area contributed by atoms with Crippen LogP contribution in [0.15, 0.2) is 42.5 Å². The molecule has 0 N–H and O–H groups in total. The molecule has 0 aliphatic rings. The molecule has 0 amide bonds. The lowest BCUT2D eigenvalue weighted by Crippen LogP contribution is -1.84. The van der Waals surface area contributed by atoms with Crippen LogP contribution in [0.2, 0.25) is 5.02 Å². The summed E-state index contributed by atoms with van der Waals surface area (Å²) in [7, 11) is 0. The van der Waals surface area contributed by atoms with E-state index in [1.54, 1.807) is 30.3 Å². The number of carbonyl (C=O) groups excluding carboxylic acids is 1. The summed E-state index contributed by atoms with van der Waals surface area (Å²) in [6.45, 7) is 0. The molecule has 0 spiro atoms. The third-order valence-electron chi connectivity index (χ3n) is 2.29. The van der Waals surface area contributed by atoms with Crippen molar-refractivity contribution in [2.75, 3.05) is 0 Å². The number of rotatable bonds is 2. The third-order valence-corrected chi connectivity index (χ3v) is 2.61. The highest BCUT2D eigenvalue weighted by molar-refractivity contribution is 6.33. The van der Waals surface area contributed by atoms with Crippen LogP contribution in [0.4, 0.5) is 4.39 Å². The van der Waals surface area contributed by atoms with Crippen molar-refractivity contribution in [1.29, 1.82) is 0 Å². The van der Waals surface area contributed by atoms with E-state index in [2.05, 4.69) is 0 Å². The van der Waals surface area contributed by atoms with Crippen LogP contribution in [-0.4, -0.2) is 6.29 Å². The van der Waals surface area contributed by atoms with Gasteiger partial charge in [0.15, 0.2) is 6.29 Å². The van der Waals surface area contributed by atoms with Gasteiger partial charge < -0.3 is 0 Å². The van der Waals surface area contributed by atoms with Crippen LogP contribution in [0.1, 0.15) is 10.4 Å². The van der Waals surface area contributed by atoms with Crippen LogP contribution in [-0.2, 0) is 0 Å². The molecule has 2 aromatic carbocycles. The van der Waals surface area contributed by atoms with Gasteiger partial charge in [0.05, 0.1) is 5.02 Å². The number of hydrogen-bond donors (Lipinski definition) is 0. The lowest BCUT2D eigenvalue weighted by atomic mass is 10.0. The third kappa shape index (κ3) is 2.12. The maximum absolute atomic E-state index is 13.0. The fourth-order valence-corrected chi connectivity index (χ4v) is 1.70. The first-order valence-corrected chi connectivity index (χ1v) is 5.09. The first-order chi connectivity index (χ1) is 7.70. The first kappa shape index (κ1) is 10.8. The van der Waals surface area contributed by atoms with Gasteiger partial charge in [-0.25, -0.2) is 4.39 Å². The number of aldehydes is 1. The highest BCUT2D eigenvalue weighted by atomic mass is 35.5. The first-order valence-electron chi connectivity index (χ1n) is 4.71. The number of benzene rings is 2. The van der Waals surface area contributed by atoms with Gasteiger partial charge in [-0.1, -0.05) is 29.8 Å². The molecule has 0 unspecified atom stereocenters. The van der Waals surface area contributed by atoms with Crippen molar-refractivity contribution < 1.29 is 9.18 Å². The minimum Gasteiger partial charge on any atom is -0.298 e. The molecule has 2 aromatic rings. The van der Waals surface area contributed by atoms with Gasteiger partial charge in [-0.15, -0.1) is 0 Å². The van der Waals surface area contributed by atoms with Gasteiger partial charge in [0.25, 0.3) is 0 Å². The second kappa shape index (κ2) is 4.45. The maximum Gasteiger partial charge on any atom is 0.151 e. The molecule has 0 bridgehead atoms. The molecule has 0 fully saturated rings. The Hall–Kier alpha value is -1.67. The summed E-state index contributed by atoms with van der Waals surface area (Å²) in [5.41, 5.74) is 1.95. The van der Waals surface area contributed by atoms with E-state index in [0.717, 1.165) is 11.1 Å². The molecule has 16 heavy (non-hydrogen) atoms. The zero-order chi connectivity index (χ0) is 11.5. The van der Waals surface area contributed by atoms with E-state index in [9.17, 15) is 9.18 Å². The minimum atomic E-state index is -0.298. The van der Waals surface area contributed by atoms with Gasteiger partial charge in [0, 0.05) is 5.56 Å². The SMILES string of the molecule is O=Cc1ccc(-c2cccc(F)c2)cc1Cl. The fraction of sp³-hybridized carbons (Fsp3) is 0. The summed E-state index contributed by atoms with van der Waals surface area (Å²) in [6.07, 6.45) is 0.692. The Bertz CT molecular complexity index is 537. The fourth-order valence-electron chi connectivity index (χ4n) is 1.47. The highest BCUT2D eigenvalue weighted by Gasteiger charge is 2.03. The van der Waals surface area contributed by atoms with Gasteiger partial charge in [-0.3, -0.25) is 4.79 Å². The summed E-state index contributed by atoms with van der Waals surface area (Å²) in [4.78, 5) is 10.6. The van der Waals surface area contributed by atoms with Crippen molar-refractivity contribution in [3.05, 3.63) is 58.9 Å². The highest BCUT2D eigenvalue weighted by Crippen LogP contribution is 2.25. The predicted molar refractivity (Wildman–Crippen MR) is 62.2 cm³/mol. The zero-order valence-electron chi connectivity index (χ0n) is 8.28. The van der Waals surface area contributed by atoms with Gasteiger partial charge in [0.1, 0.15) is 5.82 Å².